The topological polar surface area (TPSA) is 26.0 Å². The predicted octanol–water partition coefficient (Wildman–Crippen LogP) is 3.19. The fourth-order valence-electron chi connectivity index (χ4n) is 4.26. The Morgan fingerprint density at radius 3 is 2.64 bits per heavy atom. The molecule has 0 heterocycles. The van der Waals surface area contributed by atoms with Crippen LogP contribution in [0.5, 0.6) is 0 Å². The minimum atomic E-state index is 0.541. The van der Waals surface area contributed by atoms with Gasteiger partial charge in [-0.3, -0.25) is 0 Å². The molecule has 0 radical (unpaired) electrons. The van der Waals surface area contributed by atoms with Gasteiger partial charge in [-0.25, -0.2) is 0 Å². The Morgan fingerprint density at radius 2 is 2.21 bits per heavy atom. The van der Waals surface area contributed by atoms with E-state index in [-0.39, 0.29) is 0 Å². The molecular weight excluding hydrogens is 170 g/mol. The van der Waals surface area contributed by atoms with Crippen molar-refractivity contribution in [3.05, 3.63) is 0 Å². The lowest BCUT2D eigenvalue weighted by Crippen LogP contribution is -2.41. The van der Waals surface area contributed by atoms with Crippen LogP contribution in [0, 0.1) is 23.2 Å². The van der Waals surface area contributed by atoms with Crippen LogP contribution in [0.1, 0.15) is 52.4 Å². The number of rotatable bonds is 4. The fraction of sp³-hybridized carbons (Fsp3) is 1.00. The van der Waals surface area contributed by atoms with Gasteiger partial charge in [0.2, 0.25) is 0 Å². The van der Waals surface area contributed by atoms with E-state index in [2.05, 4.69) is 13.8 Å². The fourth-order valence-corrected chi connectivity index (χ4v) is 4.26. The van der Waals surface area contributed by atoms with Crippen LogP contribution >= 0.6 is 0 Å². The molecule has 2 fully saturated rings. The standard InChI is InChI=1S/C13H25N/c1-3-4-10(2)13(9-14)8-11-5-6-12(13)7-11/h10-12H,3-9,14H2,1-2H3. The molecule has 0 aliphatic heterocycles. The summed E-state index contributed by atoms with van der Waals surface area (Å²) in [5.74, 6) is 2.86. The highest BCUT2D eigenvalue weighted by atomic mass is 14.7. The highest BCUT2D eigenvalue weighted by Gasteiger charge is 2.52. The first kappa shape index (κ1) is 10.5. The molecule has 2 aliphatic rings. The maximum atomic E-state index is 6.09. The first-order chi connectivity index (χ1) is 6.73. The molecule has 2 rings (SSSR count). The van der Waals surface area contributed by atoms with E-state index >= 15 is 0 Å². The Morgan fingerprint density at radius 1 is 1.43 bits per heavy atom. The zero-order valence-corrected chi connectivity index (χ0v) is 9.76. The molecule has 2 saturated carbocycles. The zero-order valence-electron chi connectivity index (χ0n) is 9.76. The van der Waals surface area contributed by atoms with Gasteiger partial charge in [-0.05, 0) is 49.0 Å². The van der Waals surface area contributed by atoms with Crippen LogP contribution in [0.25, 0.3) is 0 Å². The van der Waals surface area contributed by atoms with Crippen LogP contribution < -0.4 is 5.73 Å². The second-order valence-corrected chi connectivity index (χ2v) is 5.71. The van der Waals surface area contributed by atoms with Gasteiger partial charge in [-0.1, -0.05) is 33.1 Å². The third kappa shape index (κ3) is 1.41. The maximum Gasteiger partial charge on any atom is -0.00152 e. The van der Waals surface area contributed by atoms with Crippen molar-refractivity contribution in [1.29, 1.82) is 0 Å². The highest BCUT2D eigenvalue weighted by molar-refractivity contribution is 5.03. The second-order valence-electron chi connectivity index (χ2n) is 5.71. The molecule has 2 N–H and O–H groups in total. The lowest BCUT2D eigenvalue weighted by molar-refractivity contribution is 0.0879. The molecule has 2 aliphatic carbocycles. The van der Waals surface area contributed by atoms with E-state index in [0.29, 0.717) is 5.41 Å². The predicted molar refractivity (Wildman–Crippen MR) is 61.0 cm³/mol. The summed E-state index contributed by atoms with van der Waals surface area (Å²) >= 11 is 0. The smallest absolute Gasteiger partial charge is 0.00152 e. The Bertz CT molecular complexity index is 201. The highest BCUT2D eigenvalue weighted by Crippen LogP contribution is 2.59. The second kappa shape index (κ2) is 3.84. The summed E-state index contributed by atoms with van der Waals surface area (Å²) in [6.45, 7) is 5.68. The van der Waals surface area contributed by atoms with Gasteiger partial charge >= 0.3 is 0 Å². The Balaban J connectivity index is 2.10. The van der Waals surface area contributed by atoms with E-state index in [9.17, 15) is 0 Å². The maximum absolute atomic E-state index is 6.09. The van der Waals surface area contributed by atoms with Crippen molar-refractivity contribution in [2.24, 2.45) is 28.9 Å². The largest absolute Gasteiger partial charge is 0.330 e. The van der Waals surface area contributed by atoms with Crippen LogP contribution in [0.3, 0.4) is 0 Å². The van der Waals surface area contributed by atoms with Crippen molar-refractivity contribution < 1.29 is 0 Å². The minimum Gasteiger partial charge on any atom is -0.330 e. The monoisotopic (exact) mass is 195 g/mol. The van der Waals surface area contributed by atoms with Crippen molar-refractivity contribution in [3.8, 4) is 0 Å². The van der Waals surface area contributed by atoms with Gasteiger partial charge in [-0.2, -0.15) is 0 Å². The summed E-state index contributed by atoms with van der Waals surface area (Å²) < 4.78 is 0. The molecule has 0 aromatic carbocycles. The van der Waals surface area contributed by atoms with Crippen molar-refractivity contribution >= 4 is 0 Å². The lowest BCUT2D eigenvalue weighted by atomic mass is 9.64. The quantitative estimate of drug-likeness (QED) is 0.732. The van der Waals surface area contributed by atoms with Crippen molar-refractivity contribution in [2.45, 2.75) is 52.4 Å². The van der Waals surface area contributed by atoms with Crippen LogP contribution in [0.2, 0.25) is 0 Å². The molecule has 82 valence electrons. The molecular formula is C13H25N. The summed E-state index contributed by atoms with van der Waals surface area (Å²) in [5.41, 5.74) is 6.63. The third-order valence-electron chi connectivity index (χ3n) is 5.11. The molecule has 0 saturated heterocycles. The molecule has 4 atom stereocenters. The van der Waals surface area contributed by atoms with Crippen molar-refractivity contribution in [1.82, 2.24) is 0 Å². The average molecular weight is 195 g/mol. The lowest BCUT2D eigenvalue weighted by Gasteiger charge is -2.42. The van der Waals surface area contributed by atoms with Gasteiger partial charge in [0, 0.05) is 0 Å². The SMILES string of the molecule is CCCC(C)C1(CN)CC2CCC1C2. The van der Waals surface area contributed by atoms with Crippen LogP contribution in [-0.2, 0) is 0 Å². The average Bonchev–Trinajstić information content (AvgIpc) is 2.77. The van der Waals surface area contributed by atoms with Crippen molar-refractivity contribution in [2.75, 3.05) is 6.54 Å². The van der Waals surface area contributed by atoms with E-state index in [1.54, 1.807) is 0 Å². The summed E-state index contributed by atoms with van der Waals surface area (Å²) in [4.78, 5) is 0. The van der Waals surface area contributed by atoms with Crippen LogP contribution in [0.15, 0.2) is 0 Å². The van der Waals surface area contributed by atoms with Crippen molar-refractivity contribution in [3.63, 3.8) is 0 Å². The normalized spacial score (nSPS) is 43.1. The van der Waals surface area contributed by atoms with Gasteiger partial charge in [0.15, 0.2) is 0 Å². The summed E-state index contributed by atoms with van der Waals surface area (Å²) in [7, 11) is 0. The number of hydrogen-bond donors (Lipinski definition) is 1. The minimum absolute atomic E-state index is 0.541. The van der Waals surface area contributed by atoms with Gasteiger partial charge in [0.05, 0.1) is 0 Å². The number of nitrogens with two attached hydrogens (primary N) is 1. The van der Waals surface area contributed by atoms with E-state index < -0.39 is 0 Å². The Labute approximate surface area is 88.4 Å². The zero-order chi connectivity index (χ0) is 10.2. The first-order valence-corrected chi connectivity index (χ1v) is 6.43. The molecule has 4 unspecified atom stereocenters. The van der Waals surface area contributed by atoms with Gasteiger partial charge < -0.3 is 5.73 Å². The molecule has 14 heavy (non-hydrogen) atoms. The summed E-state index contributed by atoms with van der Waals surface area (Å²) in [6.07, 6.45) is 8.59. The van der Waals surface area contributed by atoms with E-state index in [4.69, 9.17) is 5.73 Å². The van der Waals surface area contributed by atoms with Crippen LogP contribution in [-0.4, -0.2) is 6.54 Å². The van der Waals surface area contributed by atoms with E-state index in [1.165, 1.54) is 38.5 Å². The molecule has 0 spiro atoms. The molecule has 1 nitrogen and oxygen atoms in total. The van der Waals surface area contributed by atoms with E-state index in [0.717, 1.165) is 24.3 Å². The van der Waals surface area contributed by atoms with Gasteiger partial charge in [0.1, 0.15) is 0 Å². The summed E-state index contributed by atoms with van der Waals surface area (Å²) in [5, 5.41) is 0. The third-order valence-corrected chi connectivity index (χ3v) is 5.11. The van der Waals surface area contributed by atoms with E-state index in [1.807, 2.05) is 0 Å². The molecule has 2 bridgehead atoms. The Kier molecular flexibility index (Phi) is 2.88. The molecule has 0 amide bonds. The molecule has 0 aromatic rings. The molecule has 0 aromatic heterocycles. The Hall–Kier alpha value is -0.0400. The van der Waals surface area contributed by atoms with Gasteiger partial charge in [0.25, 0.3) is 0 Å². The molecule has 1 heteroatoms. The summed E-state index contributed by atoms with van der Waals surface area (Å²) in [6, 6.07) is 0. The first-order valence-electron chi connectivity index (χ1n) is 6.43. The number of hydrogen-bond acceptors (Lipinski definition) is 1. The van der Waals surface area contributed by atoms with Gasteiger partial charge in [-0.15, -0.1) is 0 Å². The number of fused-ring (bicyclic) bond motifs is 2. The van der Waals surface area contributed by atoms with Crippen LogP contribution in [0.4, 0.5) is 0 Å².